The SMILES string of the molecule is COc1cccc(C2CCCN2C(=O)c2oc3ccccc3c2CS(C)(=O)=O)c1. The van der Waals surface area contributed by atoms with E-state index in [-0.39, 0.29) is 23.5 Å². The van der Waals surface area contributed by atoms with Gasteiger partial charge in [-0.05, 0) is 36.6 Å². The van der Waals surface area contributed by atoms with E-state index in [1.807, 2.05) is 30.3 Å². The van der Waals surface area contributed by atoms with Crippen molar-refractivity contribution < 1.29 is 22.4 Å². The number of carbonyl (C=O) groups is 1. The zero-order valence-electron chi connectivity index (χ0n) is 16.4. The van der Waals surface area contributed by atoms with Gasteiger partial charge in [0.15, 0.2) is 15.6 Å². The Hall–Kier alpha value is -2.80. The highest BCUT2D eigenvalue weighted by Crippen LogP contribution is 2.36. The number of furan rings is 1. The molecule has 6 nitrogen and oxygen atoms in total. The summed E-state index contributed by atoms with van der Waals surface area (Å²) in [6, 6.07) is 14.8. The van der Waals surface area contributed by atoms with Crippen LogP contribution in [-0.2, 0) is 15.6 Å². The molecule has 1 fully saturated rings. The van der Waals surface area contributed by atoms with Crippen molar-refractivity contribution in [2.45, 2.75) is 24.6 Å². The van der Waals surface area contributed by atoms with E-state index in [4.69, 9.17) is 9.15 Å². The zero-order valence-corrected chi connectivity index (χ0v) is 17.2. The Morgan fingerprint density at radius 1 is 1.21 bits per heavy atom. The maximum atomic E-state index is 13.5. The third kappa shape index (κ3) is 3.87. The summed E-state index contributed by atoms with van der Waals surface area (Å²) in [5, 5.41) is 0.665. The third-order valence-corrected chi connectivity index (χ3v) is 6.10. The van der Waals surface area contributed by atoms with Crippen LogP contribution in [0.4, 0.5) is 0 Å². The lowest BCUT2D eigenvalue weighted by Gasteiger charge is -2.25. The van der Waals surface area contributed by atoms with Crippen molar-refractivity contribution in [3.63, 3.8) is 0 Å². The molecule has 2 aromatic carbocycles. The minimum atomic E-state index is -3.34. The van der Waals surface area contributed by atoms with E-state index >= 15 is 0 Å². The molecule has 7 heteroatoms. The summed E-state index contributed by atoms with van der Waals surface area (Å²) in [5.41, 5.74) is 1.95. The van der Waals surface area contributed by atoms with Gasteiger partial charge >= 0.3 is 0 Å². The molecule has 1 unspecified atom stereocenters. The van der Waals surface area contributed by atoms with Crippen LogP contribution >= 0.6 is 0 Å². The van der Waals surface area contributed by atoms with Gasteiger partial charge in [-0.1, -0.05) is 30.3 Å². The highest BCUT2D eigenvalue weighted by Gasteiger charge is 2.34. The number of ether oxygens (including phenoxy) is 1. The van der Waals surface area contributed by atoms with Gasteiger partial charge in [0, 0.05) is 23.8 Å². The van der Waals surface area contributed by atoms with Crippen molar-refractivity contribution >= 4 is 26.7 Å². The van der Waals surface area contributed by atoms with E-state index in [1.54, 1.807) is 30.2 Å². The number of sulfone groups is 1. The minimum absolute atomic E-state index is 0.100. The van der Waals surface area contributed by atoms with Crippen molar-refractivity contribution in [3.05, 3.63) is 65.4 Å². The second-order valence-corrected chi connectivity index (χ2v) is 9.55. The van der Waals surface area contributed by atoms with Crippen LogP contribution in [0.2, 0.25) is 0 Å². The molecular weight excluding hydrogens is 390 g/mol. The Morgan fingerprint density at radius 2 is 2.00 bits per heavy atom. The van der Waals surface area contributed by atoms with Crippen LogP contribution in [-0.4, -0.2) is 39.1 Å². The average Bonchev–Trinajstić information content (AvgIpc) is 3.32. The molecule has 2 heterocycles. The van der Waals surface area contributed by atoms with E-state index in [1.165, 1.54) is 0 Å². The van der Waals surface area contributed by atoms with Gasteiger partial charge in [-0.25, -0.2) is 8.42 Å². The Kier molecular flexibility index (Phi) is 5.08. The fourth-order valence-corrected chi connectivity index (χ4v) is 4.82. The van der Waals surface area contributed by atoms with Crippen molar-refractivity contribution in [1.82, 2.24) is 4.90 Å². The molecule has 3 aromatic rings. The lowest BCUT2D eigenvalue weighted by atomic mass is 10.0. The Bertz CT molecular complexity index is 1160. The number of fused-ring (bicyclic) bond motifs is 1. The smallest absolute Gasteiger partial charge is 0.290 e. The van der Waals surface area contributed by atoms with Gasteiger partial charge in [-0.3, -0.25) is 4.79 Å². The van der Waals surface area contributed by atoms with Crippen molar-refractivity contribution in [2.24, 2.45) is 0 Å². The quantitative estimate of drug-likeness (QED) is 0.633. The molecular formula is C22H23NO5S. The fourth-order valence-electron chi connectivity index (χ4n) is 4.01. The molecule has 29 heavy (non-hydrogen) atoms. The van der Waals surface area contributed by atoms with Gasteiger partial charge in [-0.15, -0.1) is 0 Å². The molecule has 1 saturated heterocycles. The number of hydrogen-bond donors (Lipinski definition) is 0. The number of carbonyl (C=O) groups excluding carboxylic acids is 1. The first kappa shape index (κ1) is 19.5. The predicted octanol–water partition coefficient (Wildman–Crippen LogP) is 3.96. The maximum Gasteiger partial charge on any atom is 0.290 e. The van der Waals surface area contributed by atoms with Crippen molar-refractivity contribution in [2.75, 3.05) is 19.9 Å². The molecule has 1 aliphatic heterocycles. The van der Waals surface area contributed by atoms with Crippen LogP contribution in [0, 0.1) is 0 Å². The van der Waals surface area contributed by atoms with Crippen LogP contribution in [0.5, 0.6) is 5.75 Å². The largest absolute Gasteiger partial charge is 0.497 e. The van der Waals surface area contributed by atoms with Crippen molar-refractivity contribution in [1.29, 1.82) is 0 Å². The number of amides is 1. The normalized spacial score (nSPS) is 17.0. The number of methoxy groups -OCH3 is 1. The number of para-hydroxylation sites is 1. The van der Waals surface area contributed by atoms with Crippen LogP contribution in [0.15, 0.2) is 52.9 Å². The first-order chi connectivity index (χ1) is 13.9. The highest BCUT2D eigenvalue weighted by atomic mass is 32.2. The third-order valence-electron chi connectivity index (χ3n) is 5.29. The fraction of sp³-hybridized carbons (Fsp3) is 0.318. The molecule has 1 aromatic heterocycles. The summed E-state index contributed by atoms with van der Waals surface area (Å²) in [6.07, 6.45) is 2.87. The van der Waals surface area contributed by atoms with Crippen LogP contribution in [0.3, 0.4) is 0 Å². The minimum Gasteiger partial charge on any atom is -0.497 e. The first-order valence-corrected chi connectivity index (χ1v) is 11.6. The molecule has 1 amide bonds. The molecule has 1 atom stereocenters. The van der Waals surface area contributed by atoms with Gasteiger partial charge in [-0.2, -0.15) is 0 Å². The van der Waals surface area contributed by atoms with E-state index < -0.39 is 9.84 Å². The van der Waals surface area contributed by atoms with Crippen LogP contribution in [0.1, 0.15) is 40.6 Å². The van der Waals surface area contributed by atoms with Gasteiger partial charge < -0.3 is 14.1 Å². The number of benzene rings is 2. The molecule has 0 bridgehead atoms. The standard InChI is InChI=1S/C22H23NO5S/c1-27-16-8-5-7-15(13-16)19-10-6-12-23(19)22(24)21-18(14-29(2,25)26)17-9-3-4-11-20(17)28-21/h3-5,7-9,11,13,19H,6,10,12,14H2,1-2H3. The summed E-state index contributed by atoms with van der Waals surface area (Å²) in [5.74, 6) is 0.350. The molecule has 152 valence electrons. The molecule has 4 rings (SSSR count). The molecule has 0 radical (unpaired) electrons. The van der Waals surface area contributed by atoms with E-state index in [2.05, 4.69) is 0 Å². The lowest BCUT2D eigenvalue weighted by Crippen LogP contribution is -2.31. The van der Waals surface area contributed by atoms with Gasteiger partial charge in [0.2, 0.25) is 0 Å². The monoisotopic (exact) mass is 413 g/mol. The van der Waals surface area contributed by atoms with Crippen molar-refractivity contribution in [3.8, 4) is 5.75 Å². The number of nitrogens with zero attached hydrogens (tertiary/aromatic N) is 1. The Morgan fingerprint density at radius 3 is 2.76 bits per heavy atom. The van der Waals surface area contributed by atoms with Crippen LogP contribution < -0.4 is 4.74 Å². The molecule has 0 saturated carbocycles. The number of rotatable bonds is 5. The summed E-state index contributed by atoms with van der Waals surface area (Å²) in [7, 11) is -1.73. The van der Waals surface area contributed by atoms with E-state index in [9.17, 15) is 13.2 Å². The zero-order chi connectivity index (χ0) is 20.6. The molecule has 0 aliphatic carbocycles. The summed E-state index contributed by atoms with van der Waals surface area (Å²) >= 11 is 0. The first-order valence-electron chi connectivity index (χ1n) is 9.50. The van der Waals surface area contributed by atoms with Gasteiger partial charge in [0.05, 0.1) is 18.9 Å². The summed E-state index contributed by atoms with van der Waals surface area (Å²) in [6.45, 7) is 0.593. The molecule has 0 spiro atoms. The Balaban J connectivity index is 1.75. The number of hydrogen-bond acceptors (Lipinski definition) is 5. The van der Waals surface area contributed by atoms with Crippen LogP contribution in [0.25, 0.3) is 11.0 Å². The second kappa shape index (κ2) is 7.55. The second-order valence-electron chi connectivity index (χ2n) is 7.41. The van der Waals surface area contributed by atoms with Gasteiger partial charge in [0.1, 0.15) is 11.3 Å². The van der Waals surface area contributed by atoms with Gasteiger partial charge in [0.25, 0.3) is 5.91 Å². The predicted molar refractivity (Wildman–Crippen MR) is 111 cm³/mol. The molecule has 1 aliphatic rings. The topological polar surface area (TPSA) is 76.8 Å². The lowest BCUT2D eigenvalue weighted by molar-refractivity contribution is 0.0704. The van der Waals surface area contributed by atoms with E-state index in [0.29, 0.717) is 23.1 Å². The van der Waals surface area contributed by atoms with E-state index in [0.717, 1.165) is 30.4 Å². The Labute approximate surface area is 170 Å². The number of likely N-dealkylation sites (tertiary alicyclic amines) is 1. The average molecular weight is 413 g/mol. The molecule has 0 N–H and O–H groups in total. The summed E-state index contributed by atoms with van der Waals surface area (Å²) < 4.78 is 35.2. The highest BCUT2D eigenvalue weighted by molar-refractivity contribution is 7.89. The maximum absolute atomic E-state index is 13.5. The summed E-state index contributed by atoms with van der Waals surface area (Å²) in [4.78, 5) is 15.2.